The Bertz CT molecular complexity index is 590. The first-order chi connectivity index (χ1) is 10.8. The van der Waals surface area contributed by atoms with Crippen LogP contribution in [0.15, 0.2) is 24.3 Å². The van der Waals surface area contributed by atoms with Crippen LogP contribution in [0.2, 0.25) is 0 Å². The van der Waals surface area contributed by atoms with Crippen LogP contribution >= 0.6 is 0 Å². The molecule has 0 spiro atoms. The summed E-state index contributed by atoms with van der Waals surface area (Å²) in [7, 11) is 0. The SMILES string of the molecule is NC(=O)c1cccc(CN2CCC[C@@H]2C(=O)NCC(F)(F)F)c1. The van der Waals surface area contributed by atoms with E-state index >= 15 is 0 Å². The summed E-state index contributed by atoms with van der Waals surface area (Å²) in [6, 6.07) is 6.10. The fourth-order valence-electron chi connectivity index (χ4n) is 2.67. The molecule has 0 radical (unpaired) electrons. The number of carbonyl (C=O) groups is 2. The number of alkyl halides is 3. The van der Waals surface area contributed by atoms with Crippen LogP contribution in [-0.2, 0) is 11.3 Å². The highest BCUT2D eigenvalue weighted by atomic mass is 19.4. The summed E-state index contributed by atoms with van der Waals surface area (Å²) in [5.74, 6) is -1.17. The van der Waals surface area contributed by atoms with E-state index in [1.165, 1.54) is 0 Å². The van der Waals surface area contributed by atoms with Gasteiger partial charge in [-0.25, -0.2) is 0 Å². The number of likely N-dealkylation sites (tertiary alicyclic amines) is 1. The second-order valence-corrected chi connectivity index (χ2v) is 5.53. The van der Waals surface area contributed by atoms with Gasteiger partial charge >= 0.3 is 6.18 Å². The first-order valence-corrected chi connectivity index (χ1v) is 7.23. The van der Waals surface area contributed by atoms with Crippen LogP contribution in [0, 0.1) is 0 Å². The maximum Gasteiger partial charge on any atom is 0.405 e. The van der Waals surface area contributed by atoms with E-state index in [0.29, 0.717) is 25.1 Å². The molecule has 0 bridgehead atoms. The monoisotopic (exact) mass is 329 g/mol. The highest BCUT2D eigenvalue weighted by molar-refractivity contribution is 5.92. The highest BCUT2D eigenvalue weighted by Gasteiger charge is 2.34. The Hall–Kier alpha value is -2.09. The van der Waals surface area contributed by atoms with Crippen molar-refractivity contribution < 1.29 is 22.8 Å². The Morgan fingerprint density at radius 2 is 2.09 bits per heavy atom. The van der Waals surface area contributed by atoms with Crippen molar-refractivity contribution in [2.24, 2.45) is 5.73 Å². The number of nitrogens with two attached hydrogens (primary N) is 1. The predicted octanol–water partition coefficient (Wildman–Crippen LogP) is 1.43. The average Bonchev–Trinajstić information content (AvgIpc) is 2.92. The number of benzene rings is 1. The molecule has 0 unspecified atom stereocenters. The van der Waals surface area contributed by atoms with Gasteiger partial charge in [-0.05, 0) is 37.1 Å². The van der Waals surface area contributed by atoms with Crippen molar-refractivity contribution >= 4 is 11.8 Å². The number of amides is 2. The molecule has 0 aliphatic carbocycles. The molecule has 0 aromatic heterocycles. The van der Waals surface area contributed by atoms with Gasteiger partial charge in [-0.3, -0.25) is 14.5 Å². The molecule has 1 saturated heterocycles. The number of primary amides is 1. The molecule has 2 amide bonds. The molecule has 8 heteroatoms. The molecule has 1 aromatic carbocycles. The van der Waals surface area contributed by atoms with Crippen molar-refractivity contribution in [2.75, 3.05) is 13.1 Å². The third-order valence-corrected chi connectivity index (χ3v) is 3.73. The highest BCUT2D eigenvalue weighted by Crippen LogP contribution is 2.21. The lowest BCUT2D eigenvalue weighted by atomic mass is 10.1. The normalized spacial score (nSPS) is 18.8. The van der Waals surface area contributed by atoms with Crippen molar-refractivity contribution in [3.63, 3.8) is 0 Å². The summed E-state index contributed by atoms with van der Waals surface area (Å²) in [6.45, 7) is -0.330. The Morgan fingerprint density at radius 1 is 1.35 bits per heavy atom. The molecule has 0 saturated carbocycles. The van der Waals surface area contributed by atoms with E-state index in [9.17, 15) is 22.8 Å². The Labute approximate surface area is 131 Å². The van der Waals surface area contributed by atoms with E-state index < -0.39 is 30.6 Å². The molecule has 126 valence electrons. The molecule has 1 aliphatic heterocycles. The van der Waals surface area contributed by atoms with Gasteiger partial charge in [0.25, 0.3) is 0 Å². The molecule has 2 rings (SSSR count). The zero-order chi connectivity index (χ0) is 17.0. The minimum atomic E-state index is -4.42. The lowest BCUT2D eigenvalue weighted by Crippen LogP contribution is -2.45. The predicted molar refractivity (Wildman–Crippen MR) is 77.5 cm³/mol. The molecule has 3 N–H and O–H groups in total. The third-order valence-electron chi connectivity index (χ3n) is 3.73. The number of rotatable bonds is 5. The number of hydrogen-bond acceptors (Lipinski definition) is 3. The van der Waals surface area contributed by atoms with E-state index in [1.54, 1.807) is 24.3 Å². The second kappa shape index (κ2) is 6.99. The van der Waals surface area contributed by atoms with Gasteiger partial charge in [0.1, 0.15) is 6.54 Å². The van der Waals surface area contributed by atoms with Crippen LogP contribution in [-0.4, -0.2) is 42.0 Å². The third kappa shape index (κ3) is 4.95. The lowest BCUT2D eigenvalue weighted by molar-refractivity contribution is -0.141. The summed E-state index contributed by atoms with van der Waals surface area (Å²) < 4.78 is 36.6. The summed E-state index contributed by atoms with van der Waals surface area (Å²) >= 11 is 0. The van der Waals surface area contributed by atoms with Crippen LogP contribution in [0.4, 0.5) is 13.2 Å². The summed E-state index contributed by atoms with van der Waals surface area (Å²) in [5, 5.41) is 1.93. The summed E-state index contributed by atoms with van der Waals surface area (Å²) in [6.07, 6.45) is -3.17. The molecule has 1 aliphatic rings. The topological polar surface area (TPSA) is 75.4 Å². The van der Waals surface area contributed by atoms with Crippen molar-refractivity contribution in [3.05, 3.63) is 35.4 Å². The number of nitrogens with zero attached hydrogens (tertiary/aromatic N) is 1. The zero-order valence-corrected chi connectivity index (χ0v) is 12.4. The van der Waals surface area contributed by atoms with Crippen LogP contribution in [0.1, 0.15) is 28.8 Å². The van der Waals surface area contributed by atoms with Crippen molar-refractivity contribution in [1.29, 1.82) is 0 Å². The molecule has 1 heterocycles. The maximum absolute atomic E-state index is 12.2. The van der Waals surface area contributed by atoms with E-state index in [-0.39, 0.29) is 0 Å². The van der Waals surface area contributed by atoms with E-state index in [2.05, 4.69) is 0 Å². The molecule has 1 aromatic rings. The van der Waals surface area contributed by atoms with E-state index in [1.807, 2.05) is 10.2 Å². The first kappa shape index (κ1) is 17.3. The molecule has 1 fully saturated rings. The largest absolute Gasteiger partial charge is 0.405 e. The van der Waals surface area contributed by atoms with Gasteiger partial charge in [0.15, 0.2) is 0 Å². The Morgan fingerprint density at radius 3 is 2.74 bits per heavy atom. The number of halogens is 3. The minimum Gasteiger partial charge on any atom is -0.366 e. The standard InChI is InChI=1S/C15H18F3N3O2/c16-15(17,18)9-20-14(23)12-5-2-6-21(12)8-10-3-1-4-11(7-10)13(19)22/h1,3-4,7,12H,2,5-6,8-9H2,(H2,19,22)(H,20,23)/t12-/m1/s1. The fourth-order valence-corrected chi connectivity index (χ4v) is 2.67. The number of nitrogens with one attached hydrogen (secondary N) is 1. The Balaban J connectivity index is 2.00. The van der Waals surface area contributed by atoms with Crippen LogP contribution < -0.4 is 11.1 Å². The quantitative estimate of drug-likeness (QED) is 0.858. The van der Waals surface area contributed by atoms with E-state index in [0.717, 1.165) is 12.0 Å². The van der Waals surface area contributed by atoms with Crippen molar-refractivity contribution in [2.45, 2.75) is 31.6 Å². The van der Waals surface area contributed by atoms with Gasteiger partial charge in [-0.15, -0.1) is 0 Å². The average molecular weight is 329 g/mol. The minimum absolute atomic E-state index is 0.361. The smallest absolute Gasteiger partial charge is 0.366 e. The Kier molecular flexibility index (Phi) is 5.25. The van der Waals surface area contributed by atoms with Gasteiger partial charge < -0.3 is 11.1 Å². The lowest BCUT2D eigenvalue weighted by Gasteiger charge is -2.24. The maximum atomic E-state index is 12.2. The van der Waals surface area contributed by atoms with Crippen molar-refractivity contribution in [3.8, 4) is 0 Å². The van der Waals surface area contributed by atoms with Crippen LogP contribution in [0.5, 0.6) is 0 Å². The number of hydrogen-bond donors (Lipinski definition) is 2. The number of carbonyl (C=O) groups excluding carboxylic acids is 2. The van der Waals surface area contributed by atoms with Gasteiger partial charge in [-0.2, -0.15) is 13.2 Å². The van der Waals surface area contributed by atoms with E-state index in [4.69, 9.17) is 5.73 Å². The fraction of sp³-hybridized carbons (Fsp3) is 0.467. The van der Waals surface area contributed by atoms with Gasteiger partial charge in [0.05, 0.1) is 6.04 Å². The zero-order valence-electron chi connectivity index (χ0n) is 12.4. The van der Waals surface area contributed by atoms with Crippen LogP contribution in [0.3, 0.4) is 0 Å². The van der Waals surface area contributed by atoms with Crippen LogP contribution in [0.25, 0.3) is 0 Å². The molecule has 23 heavy (non-hydrogen) atoms. The molecule has 1 atom stereocenters. The molecular weight excluding hydrogens is 311 g/mol. The molecular formula is C15H18F3N3O2. The molecule has 5 nitrogen and oxygen atoms in total. The second-order valence-electron chi connectivity index (χ2n) is 5.53. The van der Waals surface area contributed by atoms with Crippen molar-refractivity contribution in [1.82, 2.24) is 10.2 Å². The first-order valence-electron chi connectivity index (χ1n) is 7.23. The van der Waals surface area contributed by atoms with Gasteiger partial charge in [-0.1, -0.05) is 12.1 Å². The van der Waals surface area contributed by atoms with Gasteiger partial charge in [0.2, 0.25) is 11.8 Å². The summed E-state index contributed by atoms with van der Waals surface area (Å²) in [4.78, 5) is 24.9. The van der Waals surface area contributed by atoms with Gasteiger partial charge in [0, 0.05) is 12.1 Å². The summed E-state index contributed by atoms with van der Waals surface area (Å²) in [5.41, 5.74) is 6.37.